The van der Waals surface area contributed by atoms with Crippen molar-refractivity contribution >= 4 is 0 Å². The van der Waals surface area contributed by atoms with Gasteiger partial charge < -0.3 is 9.47 Å². The van der Waals surface area contributed by atoms with Gasteiger partial charge in [0.15, 0.2) is 11.6 Å². The van der Waals surface area contributed by atoms with Crippen LogP contribution in [-0.2, 0) is 17.8 Å². The normalized spacial score (nSPS) is 18.9. The maximum absolute atomic E-state index is 14.6. The molecule has 1 fully saturated rings. The second-order valence-electron chi connectivity index (χ2n) is 9.48. The Bertz CT molecular complexity index is 983. The number of rotatable bonds is 11. The number of benzene rings is 2. The van der Waals surface area contributed by atoms with Crippen molar-refractivity contribution in [3.05, 3.63) is 64.7 Å². The molecule has 0 spiro atoms. The lowest BCUT2D eigenvalue weighted by atomic mass is 9.77. The van der Waals surface area contributed by atoms with Crippen molar-refractivity contribution < 1.29 is 40.2 Å². The van der Waals surface area contributed by atoms with Gasteiger partial charge in [-0.15, -0.1) is 13.2 Å². The van der Waals surface area contributed by atoms with Crippen LogP contribution in [0.3, 0.4) is 0 Å². The highest BCUT2D eigenvalue weighted by molar-refractivity contribution is 5.30. The molecule has 3 rings (SSSR count). The van der Waals surface area contributed by atoms with Crippen LogP contribution in [0, 0.1) is 17.6 Å². The minimum Gasteiger partial charge on any atom is -0.403 e. The zero-order valence-electron chi connectivity index (χ0n) is 20.2. The summed E-state index contributed by atoms with van der Waals surface area (Å²) in [6.07, 6.45) is -0.907. The van der Waals surface area contributed by atoms with Crippen molar-refractivity contribution in [2.75, 3.05) is 0 Å². The van der Waals surface area contributed by atoms with Crippen LogP contribution >= 0.6 is 0 Å². The summed E-state index contributed by atoms with van der Waals surface area (Å²) in [6.45, 7) is 1.47. The fraction of sp³-hybridized carbons (Fsp3) is 0.556. The third-order valence-corrected chi connectivity index (χ3v) is 6.68. The lowest BCUT2D eigenvalue weighted by Crippen LogP contribution is -2.24. The zero-order valence-corrected chi connectivity index (χ0v) is 20.2. The quantitative estimate of drug-likeness (QED) is 0.217. The lowest BCUT2D eigenvalue weighted by molar-refractivity contribution is -0.275. The fourth-order valence-corrected chi connectivity index (χ4v) is 4.74. The van der Waals surface area contributed by atoms with Crippen molar-refractivity contribution in [2.24, 2.45) is 5.92 Å². The van der Waals surface area contributed by atoms with Crippen molar-refractivity contribution in [1.29, 1.82) is 0 Å². The fourth-order valence-electron chi connectivity index (χ4n) is 4.74. The van der Waals surface area contributed by atoms with Crippen LogP contribution < -0.4 is 4.74 Å². The van der Waals surface area contributed by atoms with E-state index in [1.54, 1.807) is 6.07 Å². The van der Waals surface area contributed by atoms with Gasteiger partial charge in [-0.05, 0) is 66.8 Å². The highest BCUT2D eigenvalue weighted by atomic mass is 19.4. The number of alkyl halides is 5. The van der Waals surface area contributed by atoms with Crippen LogP contribution in [-0.4, -0.2) is 12.5 Å². The molecule has 1 aliphatic carbocycles. The summed E-state index contributed by atoms with van der Waals surface area (Å²) >= 11 is 0. The number of hydrogen-bond acceptors (Lipinski definition) is 2. The Balaban J connectivity index is 1.52. The first-order valence-electron chi connectivity index (χ1n) is 12.3. The summed E-state index contributed by atoms with van der Waals surface area (Å²) in [5.41, 5.74) is 0.520. The summed E-state index contributed by atoms with van der Waals surface area (Å²) in [6, 6.07) is 6.59. The molecule has 0 saturated heterocycles. The summed E-state index contributed by atoms with van der Waals surface area (Å²) in [5, 5.41) is 0. The average molecular weight is 521 g/mol. The number of ether oxygens (including phenoxy) is 2. The van der Waals surface area contributed by atoms with E-state index in [1.807, 2.05) is 0 Å². The Morgan fingerprint density at radius 1 is 0.861 bits per heavy atom. The summed E-state index contributed by atoms with van der Waals surface area (Å²) in [7, 11) is 0. The minimum absolute atomic E-state index is 0.0354. The van der Waals surface area contributed by atoms with Gasteiger partial charge in [-0.1, -0.05) is 50.8 Å². The zero-order chi connectivity index (χ0) is 26.3. The van der Waals surface area contributed by atoms with E-state index in [0.717, 1.165) is 43.2 Å². The Labute approximate surface area is 206 Å². The molecular formula is C27H31F7O2. The van der Waals surface area contributed by atoms with Gasteiger partial charge in [0.2, 0.25) is 0 Å². The highest BCUT2D eigenvalue weighted by Crippen LogP contribution is 2.38. The third-order valence-electron chi connectivity index (χ3n) is 6.68. The van der Waals surface area contributed by atoms with E-state index in [9.17, 15) is 30.7 Å². The van der Waals surface area contributed by atoms with E-state index in [0.29, 0.717) is 12.1 Å². The van der Waals surface area contributed by atoms with Crippen molar-refractivity contribution in [3.63, 3.8) is 0 Å². The van der Waals surface area contributed by atoms with Gasteiger partial charge in [0.1, 0.15) is 5.82 Å². The van der Waals surface area contributed by atoms with Gasteiger partial charge in [-0.3, -0.25) is 0 Å². The molecule has 200 valence electrons. The second kappa shape index (κ2) is 12.3. The third kappa shape index (κ3) is 8.68. The molecule has 0 bridgehead atoms. The largest absolute Gasteiger partial charge is 0.573 e. The lowest BCUT2D eigenvalue weighted by Gasteiger charge is -2.29. The first-order chi connectivity index (χ1) is 17.0. The Morgan fingerprint density at radius 2 is 1.58 bits per heavy atom. The predicted molar refractivity (Wildman–Crippen MR) is 122 cm³/mol. The van der Waals surface area contributed by atoms with Gasteiger partial charge in [0.25, 0.3) is 0 Å². The first-order valence-corrected chi connectivity index (χ1v) is 12.3. The summed E-state index contributed by atoms with van der Waals surface area (Å²) in [4.78, 5) is 0. The van der Waals surface area contributed by atoms with Gasteiger partial charge in [-0.2, -0.15) is 8.78 Å². The topological polar surface area (TPSA) is 18.5 Å². The van der Waals surface area contributed by atoms with E-state index in [-0.39, 0.29) is 17.0 Å². The van der Waals surface area contributed by atoms with Crippen LogP contribution in [0.4, 0.5) is 30.7 Å². The molecule has 0 aromatic heterocycles. The maximum atomic E-state index is 14.6. The average Bonchev–Trinajstić information content (AvgIpc) is 2.80. The molecule has 0 atom stereocenters. The van der Waals surface area contributed by atoms with Crippen LogP contribution in [0.5, 0.6) is 5.75 Å². The smallest absolute Gasteiger partial charge is 0.403 e. The van der Waals surface area contributed by atoms with E-state index >= 15 is 0 Å². The molecule has 0 heterocycles. The molecule has 0 unspecified atom stereocenters. The van der Waals surface area contributed by atoms with Crippen LogP contribution in [0.25, 0.3) is 0 Å². The van der Waals surface area contributed by atoms with Crippen molar-refractivity contribution in [2.45, 2.75) is 89.7 Å². The number of halogens is 7. The SMILES string of the molecule is CCCCCC1CCC(c2ccc(COC(F)(F)Cc3ccc(OC(F)(F)F)c(F)c3)c(F)c2)CC1. The molecule has 0 amide bonds. The van der Waals surface area contributed by atoms with Crippen molar-refractivity contribution in [1.82, 2.24) is 0 Å². The maximum Gasteiger partial charge on any atom is 0.573 e. The highest BCUT2D eigenvalue weighted by Gasteiger charge is 2.34. The molecule has 2 nitrogen and oxygen atoms in total. The molecule has 1 aliphatic rings. The van der Waals surface area contributed by atoms with Gasteiger partial charge >= 0.3 is 12.5 Å². The molecular weight excluding hydrogens is 489 g/mol. The summed E-state index contributed by atoms with van der Waals surface area (Å²) < 4.78 is 102. The Hall–Kier alpha value is -2.29. The van der Waals surface area contributed by atoms with E-state index in [1.165, 1.54) is 37.8 Å². The van der Waals surface area contributed by atoms with E-state index in [2.05, 4.69) is 16.4 Å². The molecule has 36 heavy (non-hydrogen) atoms. The monoisotopic (exact) mass is 520 g/mol. The van der Waals surface area contributed by atoms with Gasteiger partial charge in [0.05, 0.1) is 13.0 Å². The predicted octanol–water partition coefficient (Wildman–Crippen LogP) is 9.07. The van der Waals surface area contributed by atoms with E-state index in [4.69, 9.17) is 0 Å². The molecule has 0 N–H and O–H groups in total. The Kier molecular flexibility index (Phi) is 9.66. The molecule has 2 aromatic carbocycles. The van der Waals surface area contributed by atoms with Crippen LogP contribution in [0.1, 0.15) is 80.9 Å². The van der Waals surface area contributed by atoms with Crippen LogP contribution in [0.2, 0.25) is 0 Å². The minimum atomic E-state index is -5.11. The first kappa shape index (κ1) is 28.3. The molecule has 1 saturated carbocycles. The van der Waals surface area contributed by atoms with E-state index < -0.39 is 42.9 Å². The second-order valence-corrected chi connectivity index (χ2v) is 9.48. The van der Waals surface area contributed by atoms with Crippen molar-refractivity contribution in [3.8, 4) is 5.75 Å². The molecule has 2 aromatic rings. The van der Waals surface area contributed by atoms with Gasteiger partial charge in [-0.25, -0.2) is 8.78 Å². The van der Waals surface area contributed by atoms with Crippen LogP contribution in [0.15, 0.2) is 36.4 Å². The summed E-state index contributed by atoms with van der Waals surface area (Å²) in [5.74, 6) is -2.22. The molecule has 0 aliphatic heterocycles. The standard InChI is InChI=1S/C27H31F7O2/c1-2-3-4-5-18-6-9-20(10-7-18)21-11-12-22(23(28)15-21)17-35-26(30,31)16-19-8-13-25(24(29)14-19)36-27(32,33)34/h8,11-15,18,20H,2-7,9-10,16-17H2,1H3. The number of hydrogen-bond donors (Lipinski definition) is 0. The number of unbranched alkanes of at least 4 members (excludes halogenated alkanes) is 2. The molecule has 9 heteroatoms. The van der Waals surface area contributed by atoms with Gasteiger partial charge in [0, 0.05) is 5.56 Å². The Morgan fingerprint density at radius 3 is 2.19 bits per heavy atom. The molecule has 0 radical (unpaired) electrons.